The van der Waals surface area contributed by atoms with Crippen LogP contribution in [0.1, 0.15) is 61.4 Å². The van der Waals surface area contributed by atoms with Crippen molar-refractivity contribution in [2.45, 2.75) is 51.9 Å². The molecule has 0 bridgehead atoms. The van der Waals surface area contributed by atoms with Gasteiger partial charge >= 0.3 is 5.97 Å². The van der Waals surface area contributed by atoms with Crippen molar-refractivity contribution in [2.24, 2.45) is 11.3 Å². The van der Waals surface area contributed by atoms with E-state index >= 15 is 0 Å². The van der Waals surface area contributed by atoms with Crippen LogP contribution in [0.2, 0.25) is 0 Å². The molecule has 5 heteroatoms. The standard InChI is InChI=1S/C22H31NO4/c1-2-27-15-12-22(10-5-11-22)21(26)23-13-8-17(9-14-23)16-18-6-3-4-7-19(18)20(24)25/h3-4,6-7,17H,2,5,8-16H2,1H3,(H,24,25). The molecule has 0 atom stereocenters. The van der Waals surface area contributed by atoms with E-state index in [0.29, 0.717) is 30.6 Å². The Labute approximate surface area is 161 Å². The summed E-state index contributed by atoms with van der Waals surface area (Å²) in [5.74, 6) is -0.104. The fourth-order valence-corrected chi connectivity index (χ4v) is 4.48. The van der Waals surface area contributed by atoms with Crippen molar-refractivity contribution in [3.8, 4) is 0 Å². The molecular weight excluding hydrogens is 342 g/mol. The molecule has 2 aliphatic rings. The van der Waals surface area contributed by atoms with Crippen LogP contribution in [0.3, 0.4) is 0 Å². The van der Waals surface area contributed by atoms with Gasteiger partial charge in [-0.1, -0.05) is 24.6 Å². The number of carboxylic acid groups (broad SMARTS) is 1. The van der Waals surface area contributed by atoms with Crippen LogP contribution in [0.4, 0.5) is 0 Å². The first-order valence-electron chi connectivity index (χ1n) is 10.2. The molecule has 5 nitrogen and oxygen atoms in total. The maximum Gasteiger partial charge on any atom is 0.335 e. The molecule has 0 unspecified atom stereocenters. The Bertz CT molecular complexity index is 660. The molecule has 1 N–H and O–H groups in total. The second-order valence-corrected chi connectivity index (χ2v) is 7.98. The highest BCUT2D eigenvalue weighted by Gasteiger charge is 2.46. The van der Waals surface area contributed by atoms with E-state index in [1.54, 1.807) is 12.1 Å². The van der Waals surface area contributed by atoms with E-state index in [1.165, 1.54) is 0 Å². The number of hydrogen-bond acceptors (Lipinski definition) is 3. The lowest BCUT2D eigenvalue weighted by molar-refractivity contribution is -0.150. The second kappa shape index (κ2) is 8.87. The second-order valence-electron chi connectivity index (χ2n) is 7.98. The van der Waals surface area contributed by atoms with Gasteiger partial charge in [0, 0.05) is 26.3 Å². The van der Waals surface area contributed by atoms with Gasteiger partial charge in [0.25, 0.3) is 0 Å². The maximum absolute atomic E-state index is 13.1. The molecule has 148 valence electrons. The lowest BCUT2D eigenvalue weighted by Crippen LogP contribution is -2.51. The molecule has 1 saturated carbocycles. The van der Waals surface area contributed by atoms with Crippen LogP contribution in [0.25, 0.3) is 0 Å². The zero-order chi connectivity index (χ0) is 19.3. The van der Waals surface area contributed by atoms with E-state index in [4.69, 9.17) is 4.74 Å². The van der Waals surface area contributed by atoms with Crippen molar-refractivity contribution in [2.75, 3.05) is 26.3 Å². The Kier molecular flexibility index (Phi) is 6.53. The van der Waals surface area contributed by atoms with Crippen LogP contribution < -0.4 is 0 Å². The average Bonchev–Trinajstić information content (AvgIpc) is 2.64. The van der Waals surface area contributed by atoms with E-state index in [-0.39, 0.29) is 5.41 Å². The van der Waals surface area contributed by atoms with Crippen molar-refractivity contribution >= 4 is 11.9 Å². The minimum absolute atomic E-state index is 0.183. The van der Waals surface area contributed by atoms with Gasteiger partial charge in [-0.3, -0.25) is 4.79 Å². The molecule has 1 aliphatic carbocycles. The first-order valence-corrected chi connectivity index (χ1v) is 10.2. The highest BCUT2D eigenvalue weighted by Crippen LogP contribution is 2.46. The summed E-state index contributed by atoms with van der Waals surface area (Å²) in [5.41, 5.74) is 1.13. The van der Waals surface area contributed by atoms with Gasteiger partial charge < -0.3 is 14.7 Å². The third kappa shape index (κ3) is 4.52. The number of carbonyl (C=O) groups is 2. The van der Waals surface area contributed by atoms with Crippen LogP contribution in [0.5, 0.6) is 0 Å². The van der Waals surface area contributed by atoms with E-state index in [2.05, 4.69) is 0 Å². The summed E-state index contributed by atoms with van der Waals surface area (Å²) in [6.07, 6.45) is 6.63. The smallest absolute Gasteiger partial charge is 0.335 e. The Hall–Kier alpha value is -1.88. The van der Waals surface area contributed by atoms with E-state index in [0.717, 1.165) is 63.6 Å². The van der Waals surface area contributed by atoms with E-state index < -0.39 is 5.97 Å². The molecular formula is C22H31NO4. The number of rotatable bonds is 8. The van der Waals surface area contributed by atoms with Crippen LogP contribution in [-0.4, -0.2) is 48.2 Å². The molecule has 1 aromatic rings. The number of carboxylic acids is 1. The summed E-state index contributed by atoms with van der Waals surface area (Å²) in [6.45, 7) is 4.94. The number of nitrogens with zero attached hydrogens (tertiary/aromatic N) is 1. The average molecular weight is 373 g/mol. The van der Waals surface area contributed by atoms with Gasteiger partial charge in [0.05, 0.1) is 11.0 Å². The number of benzene rings is 1. The summed E-state index contributed by atoms with van der Waals surface area (Å²) in [4.78, 5) is 26.5. The van der Waals surface area contributed by atoms with Gasteiger partial charge in [0.2, 0.25) is 5.91 Å². The summed E-state index contributed by atoms with van der Waals surface area (Å²) in [6, 6.07) is 7.26. The van der Waals surface area contributed by atoms with Crippen molar-refractivity contribution in [3.63, 3.8) is 0 Å². The topological polar surface area (TPSA) is 66.8 Å². The monoisotopic (exact) mass is 373 g/mol. The van der Waals surface area contributed by atoms with Crippen molar-refractivity contribution in [1.82, 2.24) is 4.90 Å². The third-order valence-corrected chi connectivity index (χ3v) is 6.35. The Morgan fingerprint density at radius 2 is 1.93 bits per heavy atom. The fraction of sp³-hybridized carbons (Fsp3) is 0.636. The first-order chi connectivity index (χ1) is 13.1. The Morgan fingerprint density at radius 1 is 1.22 bits per heavy atom. The van der Waals surface area contributed by atoms with Crippen molar-refractivity contribution < 1.29 is 19.4 Å². The Morgan fingerprint density at radius 3 is 2.52 bits per heavy atom. The number of likely N-dealkylation sites (tertiary alicyclic amines) is 1. The number of hydrogen-bond donors (Lipinski definition) is 1. The molecule has 1 aromatic carbocycles. The molecule has 27 heavy (non-hydrogen) atoms. The lowest BCUT2D eigenvalue weighted by Gasteiger charge is -2.45. The maximum atomic E-state index is 13.1. The molecule has 3 rings (SSSR count). The number of amides is 1. The highest BCUT2D eigenvalue weighted by atomic mass is 16.5. The molecule has 1 aliphatic heterocycles. The molecule has 1 saturated heterocycles. The van der Waals surface area contributed by atoms with Gasteiger partial charge in [-0.05, 0) is 63.0 Å². The fourth-order valence-electron chi connectivity index (χ4n) is 4.48. The van der Waals surface area contributed by atoms with E-state index in [1.807, 2.05) is 24.0 Å². The molecule has 0 aromatic heterocycles. The summed E-state index contributed by atoms with van der Waals surface area (Å²) < 4.78 is 5.50. The van der Waals surface area contributed by atoms with Crippen LogP contribution in [-0.2, 0) is 16.0 Å². The normalized spacial score (nSPS) is 19.5. The molecule has 2 fully saturated rings. The summed E-state index contributed by atoms with van der Waals surface area (Å²) in [7, 11) is 0. The highest BCUT2D eigenvalue weighted by molar-refractivity contribution is 5.89. The largest absolute Gasteiger partial charge is 0.478 e. The lowest BCUT2D eigenvalue weighted by atomic mass is 9.65. The van der Waals surface area contributed by atoms with Crippen molar-refractivity contribution in [3.05, 3.63) is 35.4 Å². The zero-order valence-corrected chi connectivity index (χ0v) is 16.3. The van der Waals surface area contributed by atoms with Crippen LogP contribution in [0.15, 0.2) is 24.3 Å². The van der Waals surface area contributed by atoms with Gasteiger partial charge in [0.1, 0.15) is 0 Å². The minimum atomic E-state index is -0.862. The number of piperidine rings is 1. The molecule has 0 spiro atoms. The number of carbonyl (C=O) groups excluding carboxylic acids is 1. The SMILES string of the molecule is CCOCCC1(C(=O)N2CCC(Cc3ccccc3C(=O)O)CC2)CCC1. The zero-order valence-electron chi connectivity index (χ0n) is 16.3. The minimum Gasteiger partial charge on any atom is -0.478 e. The molecule has 0 radical (unpaired) electrons. The molecule has 1 heterocycles. The third-order valence-electron chi connectivity index (χ3n) is 6.35. The Balaban J connectivity index is 1.54. The quantitative estimate of drug-likeness (QED) is 0.705. The number of ether oxygens (including phenoxy) is 1. The summed E-state index contributed by atoms with van der Waals surface area (Å²) in [5, 5.41) is 9.36. The van der Waals surface area contributed by atoms with Gasteiger partial charge in [-0.25, -0.2) is 4.79 Å². The molecule has 1 amide bonds. The van der Waals surface area contributed by atoms with Gasteiger partial charge in [-0.2, -0.15) is 0 Å². The van der Waals surface area contributed by atoms with Crippen molar-refractivity contribution in [1.29, 1.82) is 0 Å². The van der Waals surface area contributed by atoms with E-state index in [9.17, 15) is 14.7 Å². The van der Waals surface area contributed by atoms with Crippen LogP contribution >= 0.6 is 0 Å². The van der Waals surface area contributed by atoms with Gasteiger partial charge in [-0.15, -0.1) is 0 Å². The van der Waals surface area contributed by atoms with Crippen LogP contribution in [0, 0.1) is 11.3 Å². The first kappa shape index (κ1) is 19.9. The van der Waals surface area contributed by atoms with Gasteiger partial charge in [0.15, 0.2) is 0 Å². The predicted octanol–water partition coefficient (Wildman–Crippen LogP) is 3.76. The number of aromatic carboxylic acids is 1. The predicted molar refractivity (Wildman–Crippen MR) is 104 cm³/mol. The summed E-state index contributed by atoms with van der Waals surface area (Å²) >= 11 is 0.